The minimum atomic E-state index is -0.365. The van der Waals surface area contributed by atoms with Crippen LogP contribution in [0.3, 0.4) is 0 Å². The van der Waals surface area contributed by atoms with Crippen molar-refractivity contribution in [2.24, 2.45) is 10.4 Å². The Bertz CT molecular complexity index is 785. The first kappa shape index (κ1) is 20.8. The van der Waals surface area contributed by atoms with Crippen molar-refractivity contribution in [2.45, 2.75) is 41.0 Å². The summed E-state index contributed by atoms with van der Waals surface area (Å²) in [7, 11) is 0. The Kier molecular flexibility index (Phi) is 7.28. The number of fused-ring (bicyclic) bond motifs is 1. The first-order valence-electron chi connectivity index (χ1n) is 9.69. The lowest BCUT2D eigenvalue weighted by atomic mass is 9.96. The predicted octanol–water partition coefficient (Wildman–Crippen LogP) is 2.74. The van der Waals surface area contributed by atoms with E-state index in [-0.39, 0.29) is 11.3 Å². The van der Waals surface area contributed by atoms with Crippen LogP contribution in [0.4, 0.5) is 0 Å². The molecule has 148 valence electrons. The van der Waals surface area contributed by atoms with E-state index in [1.165, 1.54) is 22.0 Å². The van der Waals surface area contributed by atoms with Crippen molar-refractivity contribution in [1.82, 2.24) is 20.9 Å². The van der Waals surface area contributed by atoms with Crippen LogP contribution in [-0.2, 0) is 11.2 Å². The zero-order valence-corrected chi connectivity index (χ0v) is 17.2. The number of rotatable bonds is 7. The second-order valence-corrected chi connectivity index (χ2v) is 7.75. The van der Waals surface area contributed by atoms with E-state index in [4.69, 9.17) is 0 Å². The number of carbonyl (C=O) groups is 1. The van der Waals surface area contributed by atoms with E-state index in [0.29, 0.717) is 19.6 Å². The molecule has 6 heteroatoms. The van der Waals surface area contributed by atoms with Crippen molar-refractivity contribution in [3.05, 3.63) is 35.5 Å². The molecular formula is C21H33N5O. The van der Waals surface area contributed by atoms with E-state index < -0.39 is 0 Å². The van der Waals surface area contributed by atoms with Crippen molar-refractivity contribution in [3.8, 4) is 0 Å². The van der Waals surface area contributed by atoms with Gasteiger partial charge >= 0.3 is 0 Å². The van der Waals surface area contributed by atoms with Gasteiger partial charge in [0.15, 0.2) is 5.96 Å². The van der Waals surface area contributed by atoms with E-state index in [1.807, 2.05) is 27.7 Å². The zero-order valence-electron chi connectivity index (χ0n) is 17.2. The minimum Gasteiger partial charge on any atom is -0.361 e. The number of hydrogen-bond donors (Lipinski definition) is 4. The number of carbonyl (C=O) groups excluding carboxylic acids is 1. The number of aliphatic imine (C=N–C) groups is 1. The topological polar surface area (TPSA) is 81.3 Å². The molecule has 0 unspecified atom stereocenters. The van der Waals surface area contributed by atoms with Crippen molar-refractivity contribution < 1.29 is 4.79 Å². The lowest BCUT2D eigenvalue weighted by Gasteiger charge is -2.18. The summed E-state index contributed by atoms with van der Waals surface area (Å²) in [4.78, 5) is 19.9. The molecule has 0 aliphatic heterocycles. The molecule has 2 aromatic rings. The van der Waals surface area contributed by atoms with Crippen molar-refractivity contribution >= 4 is 22.8 Å². The molecule has 0 fully saturated rings. The third-order valence-electron chi connectivity index (χ3n) is 4.38. The largest absolute Gasteiger partial charge is 0.361 e. The van der Waals surface area contributed by atoms with Gasteiger partial charge in [0, 0.05) is 48.7 Å². The number of guanidine groups is 1. The molecule has 2 rings (SSSR count). The maximum absolute atomic E-state index is 11.9. The zero-order chi connectivity index (χ0) is 19.9. The molecule has 0 saturated heterocycles. The number of amides is 1. The molecule has 1 amide bonds. The number of aryl methyl sites for hydroxylation is 1. The third kappa shape index (κ3) is 6.01. The predicted molar refractivity (Wildman–Crippen MR) is 113 cm³/mol. The number of nitrogens with zero attached hydrogens (tertiary/aromatic N) is 1. The van der Waals surface area contributed by atoms with Crippen molar-refractivity contribution in [2.75, 3.05) is 26.2 Å². The van der Waals surface area contributed by atoms with Crippen LogP contribution >= 0.6 is 0 Å². The summed E-state index contributed by atoms with van der Waals surface area (Å²) in [6, 6.07) is 6.31. The normalized spacial score (nSPS) is 12.3. The molecule has 27 heavy (non-hydrogen) atoms. The second-order valence-electron chi connectivity index (χ2n) is 7.75. The van der Waals surface area contributed by atoms with Crippen LogP contribution in [0.1, 0.15) is 38.8 Å². The molecule has 0 bridgehead atoms. The van der Waals surface area contributed by atoms with Crippen molar-refractivity contribution in [3.63, 3.8) is 0 Å². The summed E-state index contributed by atoms with van der Waals surface area (Å²) in [6.07, 6.45) is 2.96. The number of benzene rings is 1. The second kappa shape index (κ2) is 9.44. The van der Waals surface area contributed by atoms with E-state index in [2.05, 4.69) is 57.2 Å². The molecule has 0 aliphatic carbocycles. The molecule has 0 saturated carbocycles. The summed E-state index contributed by atoms with van der Waals surface area (Å²) in [5, 5.41) is 10.8. The highest BCUT2D eigenvalue weighted by Gasteiger charge is 2.20. The van der Waals surface area contributed by atoms with Crippen LogP contribution in [0.2, 0.25) is 0 Å². The summed E-state index contributed by atoms with van der Waals surface area (Å²) >= 11 is 0. The smallest absolute Gasteiger partial charge is 0.225 e. The molecule has 0 aliphatic rings. The number of aromatic amines is 1. The van der Waals surface area contributed by atoms with Gasteiger partial charge in [0.05, 0.1) is 0 Å². The summed E-state index contributed by atoms with van der Waals surface area (Å²) in [5.41, 5.74) is 3.39. The van der Waals surface area contributed by atoms with E-state index in [0.717, 1.165) is 18.9 Å². The first-order chi connectivity index (χ1) is 12.8. The van der Waals surface area contributed by atoms with Gasteiger partial charge in [-0.3, -0.25) is 9.79 Å². The van der Waals surface area contributed by atoms with E-state index in [9.17, 15) is 4.79 Å². The highest BCUT2D eigenvalue weighted by molar-refractivity contribution is 5.86. The van der Waals surface area contributed by atoms with Crippen LogP contribution in [0.15, 0.2) is 29.4 Å². The Morgan fingerprint density at radius 3 is 2.59 bits per heavy atom. The lowest BCUT2D eigenvalue weighted by molar-refractivity contribution is -0.128. The van der Waals surface area contributed by atoms with Gasteiger partial charge in [0.25, 0.3) is 0 Å². The van der Waals surface area contributed by atoms with E-state index in [1.54, 1.807) is 0 Å². The summed E-state index contributed by atoms with van der Waals surface area (Å²) < 4.78 is 0. The fourth-order valence-electron chi connectivity index (χ4n) is 2.90. The average molecular weight is 372 g/mol. The Balaban J connectivity index is 1.86. The van der Waals surface area contributed by atoms with Gasteiger partial charge in [0.2, 0.25) is 5.91 Å². The van der Waals surface area contributed by atoms with Crippen LogP contribution < -0.4 is 16.0 Å². The fraction of sp³-hybridized carbons (Fsp3) is 0.524. The molecule has 1 heterocycles. The van der Waals surface area contributed by atoms with Gasteiger partial charge in [0.1, 0.15) is 0 Å². The molecule has 0 radical (unpaired) electrons. The Morgan fingerprint density at radius 2 is 1.89 bits per heavy atom. The molecular weight excluding hydrogens is 338 g/mol. The minimum absolute atomic E-state index is 0.0564. The van der Waals surface area contributed by atoms with Gasteiger partial charge in [-0.1, -0.05) is 32.9 Å². The van der Waals surface area contributed by atoms with E-state index >= 15 is 0 Å². The maximum atomic E-state index is 11.9. The highest BCUT2D eigenvalue weighted by atomic mass is 16.2. The number of H-pyrrole nitrogens is 1. The molecule has 0 spiro atoms. The fourth-order valence-corrected chi connectivity index (χ4v) is 2.90. The molecule has 1 aromatic heterocycles. The van der Waals surface area contributed by atoms with Gasteiger partial charge in [-0.2, -0.15) is 0 Å². The average Bonchev–Trinajstić information content (AvgIpc) is 3.02. The maximum Gasteiger partial charge on any atom is 0.225 e. The first-order valence-corrected chi connectivity index (χ1v) is 9.69. The third-order valence-corrected chi connectivity index (χ3v) is 4.38. The number of nitrogens with one attached hydrogen (secondary N) is 4. The Morgan fingerprint density at radius 1 is 1.15 bits per heavy atom. The van der Waals surface area contributed by atoms with Crippen molar-refractivity contribution in [1.29, 1.82) is 0 Å². The van der Waals surface area contributed by atoms with Gasteiger partial charge < -0.3 is 20.9 Å². The Labute approximate surface area is 162 Å². The standard InChI is InChI=1S/C21H33N5O/c1-6-22-20(25-13-12-23-19(27)21(3,4)5)24-11-10-16-14-26-17-9-7-8-15(2)18(16)17/h7-9,14,26H,6,10-13H2,1-5H3,(H,23,27)(H2,22,24,25). The van der Waals surface area contributed by atoms with Gasteiger partial charge in [-0.15, -0.1) is 0 Å². The highest BCUT2D eigenvalue weighted by Crippen LogP contribution is 2.22. The van der Waals surface area contributed by atoms with Crippen LogP contribution in [0.5, 0.6) is 0 Å². The van der Waals surface area contributed by atoms with Crippen LogP contribution in [0.25, 0.3) is 10.9 Å². The van der Waals surface area contributed by atoms with Crippen LogP contribution in [-0.4, -0.2) is 43.0 Å². The van der Waals surface area contributed by atoms with Crippen LogP contribution in [0, 0.1) is 12.3 Å². The number of hydrogen-bond acceptors (Lipinski definition) is 2. The van der Waals surface area contributed by atoms with Gasteiger partial charge in [-0.05, 0) is 37.5 Å². The summed E-state index contributed by atoms with van der Waals surface area (Å²) in [5.74, 6) is 0.833. The summed E-state index contributed by atoms with van der Waals surface area (Å²) in [6.45, 7) is 12.6. The monoisotopic (exact) mass is 371 g/mol. The lowest BCUT2D eigenvalue weighted by Crippen LogP contribution is -2.43. The molecule has 6 nitrogen and oxygen atoms in total. The molecule has 0 atom stereocenters. The molecule has 4 N–H and O–H groups in total. The molecule has 1 aromatic carbocycles. The quantitative estimate of drug-likeness (QED) is 0.343. The Hall–Kier alpha value is -2.50. The number of aromatic nitrogens is 1. The SMILES string of the molecule is CCNC(=NCCc1c[nH]c2cccc(C)c12)NCCNC(=O)C(C)(C)C. The van der Waals surface area contributed by atoms with Gasteiger partial charge in [-0.25, -0.2) is 0 Å².